The van der Waals surface area contributed by atoms with Crippen molar-refractivity contribution in [1.82, 2.24) is 10.6 Å². The molecule has 1 aliphatic heterocycles. The van der Waals surface area contributed by atoms with Gasteiger partial charge >= 0.3 is 0 Å². The summed E-state index contributed by atoms with van der Waals surface area (Å²) < 4.78 is 5.12. The molecule has 0 radical (unpaired) electrons. The summed E-state index contributed by atoms with van der Waals surface area (Å²) in [5, 5.41) is 5.78. The Kier molecular flexibility index (Phi) is 6.74. The fourth-order valence-electron chi connectivity index (χ4n) is 3.55. The van der Waals surface area contributed by atoms with E-state index in [2.05, 4.69) is 27.7 Å². The van der Waals surface area contributed by atoms with Crippen molar-refractivity contribution in [3.63, 3.8) is 0 Å². The average molecular weight is 383 g/mol. The summed E-state index contributed by atoms with van der Waals surface area (Å²) in [5.41, 5.74) is 2.28. The average Bonchev–Trinajstić information content (AvgIpc) is 3.26. The quantitative estimate of drug-likeness (QED) is 0.769. The highest BCUT2D eigenvalue weighted by molar-refractivity contribution is 5.95. The van der Waals surface area contributed by atoms with Gasteiger partial charge in [0.2, 0.25) is 5.91 Å². The lowest BCUT2D eigenvalue weighted by Gasteiger charge is -2.31. The third kappa shape index (κ3) is 4.94. The molecular weight excluding hydrogens is 354 g/mol. The van der Waals surface area contributed by atoms with E-state index in [0.29, 0.717) is 6.54 Å². The van der Waals surface area contributed by atoms with Gasteiger partial charge in [-0.2, -0.15) is 0 Å². The lowest BCUT2D eigenvalue weighted by Crippen LogP contribution is -2.49. The molecule has 0 bridgehead atoms. The van der Waals surface area contributed by atoms with Gasteiger partial charge in [-0.15, -0.1) is 0 Å². The maximum atomic E-state index is 12.8. The summed E-state index contributed by atoms with van der Waals surface area (Å²) in [7, 11) is 0. The van der Waals surface area contributed by atoms with Gasteiger partial charge in [-0.1, -0.05) is 32.0 Å². The van der Waals surface area contributed by atoms with E-state index < -0.39 is 6.04 Å². The summed E-state index contributed by atoms with van der Waals surface area (Å²) in [5.74, 6) is -0.416. The van der Waals surface area contributed by atoms with E-state index in [1.165, 1.54) is 31.2 Å². The Balaban J connectivity index is 1.64. The Morgan fingerprint density at radius 1 is 1.07 bits per heavy atom. The Morgan fingerprint density at radius 2 is 1.82 bits per heavy atom. The second-order valence-corrected chi connectivity index (χ2v) is 7.57. The number of hydrogen-bond donors (Lipinski definition) is 2. The molecule has 1 aromatic heterocycles. The zero-order chi connectivity index (χ0) is 19.9. The molecule has 0 aliphatic carbocycles. The van der Waals surface area contributed by atoms with Crippen molar-refractivity contribution in [3.8, 4) is 0 Å². The highest BCUT2D eigenvalue weighted by Gasteiger charge is 2.25. The predicted molar refractivity (Wildman–Crippen MR) is 109 cm³/mol. The minimum absolute atomic E-state index is 0.0451. The molecule has 0 spiro atoms. The molecule has 6 heteroatoms. The standard InChI is InChI=1S/C22H29N3O3/c1-16(2)20(24-21(26)19-11-8-14-28-19)22(27)23-15-17-9-4-5-10-18(17)25-12-6-3-7-13-25/h4-5,8-11,14,16,20H,3,6-7,12-13,15H2,1-2H3,(H,23,27)(H,24,26)/t20-/m0/s1. The second-order valence-electron chi connectivity index (χ2n) is 7.57. The number of nitrogens with zero attached hydrogens (tertiary/aromatic N) is 1. The van der Waals surface area contributed by atoms with Crippen LogP contribution in [0.5, 0.6) is 0 Å². The summed E-state index contributed by atoms with van der Waals surface area (Å²) >= 11 is 0. The molecule has 6 nitrogen and oxygen atoms in total. The van der Waals surface area contributed by atoms with Crippen LogP contribution in [0.15, 0.2) is 47.1 Å². The predicted octanol–water partition coefficient (Wildman–Crippen LogP) is 3.34. The first-order valence-corrected chi connectivity index (χ1v) is 10.0. The molecule has 28 heavy (non-hydrogen) atoms. The van der Waals surface area contributed by atoms with Crippen molar-refractivity contribution >= 4 is 17.5 Å². The Bertz CT molecular complexity index is 780. The van der Waals surface area contributed by atoms with Gasteiger partial charge in [0, 0.05) is 25.3 Å². The SMILES string of the molecule is CC(C)[C@H](NC(=O)c1ccco1)C(=O)NCc1ccccc1N1CCCCC1. The first-order chi connectivity index (χ1) is 13.6. The van der Waals surface area contributed by atoms with Gasteiger partial charge < -0.3 is 20.0 Å². The highest BCUT2D eigenvalue weighted by Crippen LogP contribution is 2.24. The molecule has 1 saturated heterocycles. The second kappa shape index (κ2) is 9.44. The van der Waals surface area contributed by atoms with Gasteiger partial charge in [-0.3, -0.25) is 9.59 Å². The van der Waals surface area contributed by atoms with E-state index in [1.807, 2.05) is 26.0 Å². The Labute approximate surface area is 166 Å². The minimum Gasteiger partial charge on any atom is -0.459 e. The van der Waals surface area contributed by atoms with Crippen molar-refractivity contribution in [2.45, 2.75) is 45.7 Å². The van der Waals surface area contributed by atoms with Crippen molar-refractivity contribution in [2.75, 3.05) is 18.0 Å². The largest absolute Gasteiger partial charge is 0.459 e. The van der Waals surface area contributed by atoms with E-state index in [4.69, 9.17) is 4.42 Å². The van der Waals surface area contributed by atoms with Crippen LogP contribution in [0, 0.1) is 5.92 Å². The maximum Gasteiger partial charge on any atom is 0.287 e. The molecule has 150 valence electrons. The Hall–Kier alpha value is -2.76. The first-order valence-electron chi connectivity index (χ1n) is 10.0. The topological polar surface area (TPSA) is 74.6 Å². The van der Waals surface area contributed by atoms with E-state index in [1.54, 1.807) is 12.1 Å². The number of nitrogens with one attached hydrogen (secondary N) is 2. The zero-order valence-corrected chi connectivity index (χ0v) is 16.6. The summed E-state index contributed by atoms with van der Waals surface area (Å²) in [4.78, 5) is 27.4. The molecule has 2 heterocycles. The molecule has 1 aromatic carbocycles. The van der Waals surface area contributed by atoms with Crippen LogP contribution < -0.4 is 15.5 Å². The number of piperidine rings is 1. The van der Waals surface area contributed by atoms with Crippen LogP contribution in [0.25, 0.3) is 0 Å². The van der Waals surface area contributed by atoms with E-state index >= 15 is 0 Å². The van der Waals surface area contributed by atoms with E-state index in [-0.39, 0.29) is 23.5 Å². The normalized spacial score (nSPS) is 15.3. The van der Waals surface area contributed by atoms with Crippen LogP contribution in [0.3, 0.4) is 0 Å². The number of benzene rings is 1. The van der Waals surface area contributed by atoms with Gasteiger partial charge in [0.25, 0.3) is 5.91 Å². The van der Waals surface area contributed by atoms with Crippen molar-refractivity contribution < 1.29 is 14.0 Å². The molecule has 2 amide bonds. The van der Waals surface area contributed by atoms with Gasteiger partial charge in [0.1, 0.15) is 6.04 Å². The molecule has 1 atom stereocenters. The van der Waals surface area contributed by atoms with Crippen LogP contribution in [-0.4, -0.2) is 30.9 Å². The zero-order valence-electron chi connectivity index (χ0n) is 16.6. The lowest BCUT2D eigenvalue weighted by molar-refractivity contribution is -0.124. The van der Waals surface area contributed by atoms with Gasteiger partial charge in [-0.25, -0.2) is 0 Å². The summed E-state index contributed by atoms with van der Waals surface area (Å²) in [6, 6.07) is 10.8. The molecule has 1 aliphatic rings. The van der Waals surface area contributed by atoms with Gasteiger partial charge in [0.05, 0.1) is 6.26 Å². The number of anilines is 1. The van der Waals surface area contributed by atoms with E-state index in [0.717, 1.165) is 18.7 Å². The fourth-order valence-corrected chi connectivity index (χ4v) is 3.55. The number of para-hydroxylation sites is 1. The number of carbonyl (C=O) groups excluding carboxylic acids is 2. The number of carbonyl (C=O) groups is 2. The van der Waals surface area contributed by atoms with Crippen molar-refractivity contribution in [3.05, 3.63) is 54.0 Å². The molecular formula is C22H29N3O3. The first kappa shape index (κ1) is 20.0. The summed E-state index contributed by atoms with van der Waals surface area (Å²) in [6.45, 7) is 6.37. The lowest BCUT2D eigenvalue weighted by atomic mass is 10.0. The molecule has 1 fully saturated rings. The van der Waals surface area contributed by atoms with Crippen LogP contribution in [0.1, 0.15) is 49.2 Å². The third-order valence-electron chi connectivity index (χ3n) is 5.12. The van der Waals surface area contributed by atoms with Crippen LogP contribution in [0.2, 0.25) is 0 Å². The van der Waals surface area contributed by atoms with Crippen LogP contribution in [-0.2, 0) is 11.3 Å². The van der Waals surface area contributed by atoms with Crippen molar-refractivity contribution in [1.29, 1.82) is 0 Å². The van der Waals surface area contributed by atoms with Gasteiger partial charge in [-0.05, 0) is 48.9 Å². The molecule has 0 unspecified atom stereocenters. The van der Waals surface area contributed by atoms with Crippen LogP contribution in [0.4, 0.5) is 5.69 Å². The third-order valence-corrected chi connectivity index (χ3v) is 5.12. The monoisotopic (exact) mass is 383 g/mol. The summed E-state index contributed by atoms with van der Waals surface area (Å²) in [6.07, 6.45) is 5.13. The minimum atomic E-state index is -0.625. The highest BCUT2D eigenvalue weighted by atomic mass is 16.3. The Morgan fingerprint density at radius 3 is 2.50 bits per heavy atom. The number of amides is 2. The maximum absolute atomic E-state index is 12.8. The molecule has 2 N–H and O–H groups in total. The van der Waals surface area contributed by atoms with E-state index in [9.17, 15) is 9.59 Å². The number of furan rings is 1. The van der Waals surface area contributed by atoms with Crippen LogP contribution >= 0.6 is 0 Å². The molecule has 3 rings (SSSR count). The van der Waals surface area contributed by atoms with Gasteiger partial charge in [0.15, 0.2) is 5.76 Å². The fraction of sp³-hybridized carbons (Fsp3) is 0.455. The number of hydrogen-bond acceptors (Lipinski definition) is 4. The molecule has 2 aromatic rings. The molecule has 0 saturated carbocycles. The number of rotatable bonds is 7. The van der Waals surface area contributed by atoms with Crippen molar-refractivity contribution in [2.24, 2.45) is 5.92 Å². The smallest absolute Gasteiger partial charge is 0.287 e.